The molecule has 8 nitrogen and oxygen atoms in total. The molecule has 1 aromatic carbocycles. The van der Waals surface area contributed by atoms with Gasteiger partial charge in [0.1, 0.15) is 5.75 Å². The predicted octanol–water partition coefficient (Wildman–Crippen LogP) is 1.63. The number of anilines is 1. The van der Waals surface area contributed by atoms with Gasteiger partial charge in [-0.25, -0.2) is 9.37 Å². The van der Waals surface area contributed by atoms with Crippen LogP contribution in [0.3, 0.4) is 0 Å². The number of halogens is 1. The van der Waals surface area contributed by atoms with Crippen molar-refractivity contribution < 1.29 is 13.9 Å². The molecule has 0 radical (unpaired) electrons. The topological polar surface area (TPSA) is 82.1 Å². The molecule has 1 aromatic heterocycles. The molecule has 3 rings (SSSR count). The van der Waals surface area contributed by atoms with Crippen molar-refractivity contribution in [1.82, 2.24) is 20.5 Å². The Labute approximate surface area is 182 Å². The number of aliphatic imine (C=N–C) groups is 1. The molecule has 1 unspecified atom stereocenters. The molecule has 1 aliphatic rings. The molecule has 0 saturated carbocycles. The SMILES string of the molecule is CN=C(NCc1cccc(OCC(=O)N(C)C)c1)NC1CCN(c2ncccc2F)C1. The van der Waals surface area contributed by atoms with E-state index in [2.05, 4.69) is 20.6 Å². The number of likely N-dealkylation sites (N-methyl/N-ethyl adjacent to an activating group) is 1. The number of amides is 1. The molecule has 166 valence electrons. The highest BCUT2D eigenvalue weighted by Crippen LogP contribution is 2.20. The van der Waals surface area contributed by atoms with E-state index in [1.54, 1.807) is 33.4 Å². The molecule has 1 fully saturated rings. The summed E-state index contributed by atoms with van der Waals surface area (Å²) in [6.45, 7) is 1.93. The van der Waals surface area contributed by atoms with E-state index in [1.807, 2.05) is 29.2 Å². The number of pyridine rings is 1. The van der Waals surface area contributed by atoms with Crippen molar-refractivity contribution in [3.63, 3.8) is 0 Å². The predicted molar refractivity (Wildman–Crippen MR) is 119 cm³/mol. The van der Waals surface area contributed by atoms with E-state index in [0.29, 0.717) is 30.6 Å². The van der Waals surface area contributed by atoms with E-state index in [0.717, 1.165) is 18.5 Å². The lowest BCUT2D eigenvalue weighted by atomic mass is 10.2. The average molecular weight is 429 g/mol. The van der Waals surface area contributed by atoms with Crippen molar-refractivity contribution in [2.45, 2.75) is 19.0 Å². The van der Waals surface area contributed by atoms with Gasteiger partial charge in [0.15, 0.2) is 24.2 Å². The molecule has 1 atom stereocenters. The highest BCUT2D eigenvalue weighted by atomic mass is 19.1. The fraction of sp³-hybridized carbons (Fsp3) is 0.409. The summed E-state index contributed by atoms with van der Waals surface area (Å²) in [5.74, 6) is 1.30. The minimum Gasteiger partial charge on any atom is -0.484 e. The smallest absolute Gasteiger partial charge is 0.259 e. The highest BCUT2D eigenvalue weighted by Gasteiger charge is 2.25. The number of guanidine groups is 1. The molecule has 0 aliphatic carbocycles. The van der Waals surface area contributed by atoms with Gasteiger partial charge in [-0.1, -0.05) is 12.1 Å². The van der Waals surface area contributed by atoms with Crippen molar-refractivity contribution >= 4 is 17.7 Å². The number of carbonyl (C=O) groups is 1. The number of ether oxygens (including phenoxy) is 1. The maximum Gasteiger partial charge on any atom is 0.259 e. The summed E-state index contributed by atoms with van der Waals surface area (Å²) in [4.78, 5) is 23.6. The van der Waals surface area contributed by atoms with Gasteiger partial charge in [0.2, 0.25) is 0 Å². The number of rotatable bonds is 7. The van der Waals surface area contributed by atoms with Crippen molar-refractivity contribution in [3.05, 3.63) is 54.0 Å². The third-order valence-corrected chi connectivity index (χ3v) is 5.01. The lowest BCUT2D eigenvalue weighted by molar-refractivity contribution is -0.130. The van der Waals surface area contributed by atoms with E-state index in [-0.39, 0.29) is 24.4 Å². The van der Waals surface area contributed by atoms with Gasteiger partial charge >= 0.3 is 0 Å². The van der Waals surface area contributed by atoms with Crippen LogP contribution in [0.5, 0.6) is 5.75 Å². The van der Waals surface area contributed by atoms with Gasteiger partial charge in [-0.05, 0) is 36.2 Å². The largest absolute Gasteiger partial charge is 0.484 e. The van der Waals surface area contributed by atoms with E-state index < -0.39 is 0 Å². The number of aromatic nitrogens is 1. The summed E-state index contributed by atoms with van der Waals surface area (Å²) in [7, 11) is 5.11. The van der Waals surface area contributed by atoms with E-state index >= 15 is 0 Å². The van der Waals surface area contributed by atoms with Crippen molar-refractivity contribution in [1.29, 1.82) is 0 Å². The minimum absolute atomic E-state index is 0.00213. The summed E-state index contributed by atoms with van der Waals surface area (Å²) in [6, 6.07) is 10.7. The Balaban J connectivity index is 1.49. The van der Waals surface area contributed by atoms with Crippen LogP contribution in [0.4, 0.5) is 10.2 Å². The molecule has 0 bridgehead atoms. The third kappa shape index (κ3) is 6.31. The quantitative estimate of drug-likeness (QED) is 0.515. The van der Waals surface area contributed by atoms with Gasteiger partial charge in [-0.2, -0.15) is 0 Å². The first-order chi connectivity index (χ1) is 15.0. The standard InChI is InChI=1S/C22H29FN6O2/c1-24-22(27-17-9-11-29(14-17)21-19(23)8-5-10-25-21)26-13-16-6-4-7-18(12-16)31-15-20(30)28(2)3/h4-8,10,12,17H,9,11,13-15H2,1-3H3,(H2,24,26,27). The first-order valence-corrected chi connectivity index (χ1v) is 10.2. The molecule has 2 aromatic rings. The first kappa shape index (κ1) is 22.3. The number of carbonyl (C=O) groups excluding carboxylic acids is 1. The molecule has 1 saturated heterocycles. The summed E-state index contributed by atoms with van der Waals surface area (Å²) in [5.41, 5.74) is 1.00. The van der Waals surface area contributed by atoms with Crippen LogP contribution in [-0.4, -0.2) is 68.6 Å². The molecule has 1 aliphatic heterocycles. The third-order valence-electron chi connectivity index (χ3n) is 5.01. The lowest BCUT2D eigenvalue weighted by Crippen LogP contribution is -2.44. The van der Waals surface area contributed by atoms with Crippen LogP contribution in [0.15, 0.2) is 47.6 Å². The molecule has 2 heterocycles. The number of hydrogen-bond acceptors (Lipinski definition) is 5. The fourth-order valence-electron chi connectivity index (χ4n) is 3.27. The normalized spacial score (nSPS) is 16.2. The number of nitrogens with zero attached hydrogens (tertiary/aromatic N) is 4. The Morgan fingerprint density at radius 1 is 1.35 bits per heavy atom. The Morgan fingerprint density at radius 3 is 2.94 bits per heavy atom. The number of hydrogen-bond donors (Lipinski definition) is 2. The molecule has 9 heteroatoms. The second kappa shape index (κ2) is 10.6. The van der Waals surface area contributed by atoms with Crippen LogP contribution in [0.25, 0.3) is 0 Å². The summed E-state index contributed by atoms with van der Waals surface area (Å²) >= 11 is 0. The average Bonchev–Trinajstić information content (AvgIpc) is 3.23. The zero-order valence-electron chi connectivity index (χ0n) is 18.1. The van der Waals surface area contributed by atoms with Crippen LogP contribution >= 0.6 is 0 Å². The van der Waals surface area contributed by atoms with Crippen LogP contribution in [0, 0.1) is 5.82 Å². The Hall–Kier alpha value is -3.36. The molecular formula is C22H29FN6O2. The van der Waals surface area contributed by atoms with Crippen LogP contribution in [0.2, 0.25) is 0 Å². The highest BCUT2D eigenvalue weighted by molar-refractivity contribution is 5.80. The van der Waals surface area contributed by atoms with Gasteiger partial charge in [-0.15, -0.1) is 0 Å². The summed E-state index contributed by atoms with van der Waals surface area (Å²) in [6.07, 6.45) is 2.47. The second-order valence-corrected chi connectivity index (χ2v) is 7.53. The van der Waals surface area contributed by atoms with Crippen molar-refractivity contribution in [2.75, 3.05) is 45.7 Å². The molecular weight excluding hydrogens is 399 g/mol. The molecule has 1 amide bonds. The van der Waals surface area contributed by atoms with Gasteiger partial charge < -0.3 is 25.2 Å². The van der Waals surface area contributed by atoms with Crippen LogP contribution in [-0.2, 0) is 11.3 Å². The van der Waals surface area contributed by atoms with Gasteiger partial charge in [0.25, 0.3) is 5.91 Å². The minimum atomic E-state index is -0.306. The van der Waals surface area contributed by atoms with Gasteiger partial charge in [0.05, 0.1) is 0 Å². The van der Waals surface area contributed by atoms with E-state index in [4.69, 9.17) is 4.74 Å². The van der Waals surface area contributed by atoms with Crippen LogP contribution < -0.4 is 20.3 Å². The van der Waals surface area contributed by atoms with Crippen molar-refractivity contribution in [3.8, 4) is 5.75 Å². The fourth-order valence-corrected chi connectivity index (χ4v) is 3.27. The zero-order chi connectivity index (χ0) is 22.2. The zero-order valence-corrected chi connectivity index (χ0v) is 18.1. The van der Waals surface area contributed by atoms with Gasteiger partial charge in [0, 0.05) is 53.0 Å². The van der Waals surface area contributed by atoms with Crippen molar-refractivity contribution in [2.24, 2.45) is 4.99 Å². The molecule has 31 heavy (non-hydrogen) atoms. The Kier molecular flexibility index (Phi) is 7.64. The summed E-state index contributed by atoms with van der Waals surface area (Å²) < 4.78 is 19.6. The van der Waals surface area contributed by atoms with Crippen LogP contribution in [0.1, 0.15) is 12.0 Å². The Bertz CT molecular complexity index is 920. The first-order valence-electron chi connectivity index (χ1n) is 10.2. The van der Waals surface area contributed by atoms with Gasteiger partial charge in [-0.3, -0.25) is 9.79 Å². The van der Waals surface area contributed by atoms with E-state index in [9.17, 15) is 9.18 Å². The second-order valence-electron chi connectivity index (χ2n) is 7.53. The Morgan fingerprint density at radius 2 is 2.19 bits per heavy atom. The monoisotopic (exact) mass is 428 g/mol. The summed E-state index contributed by atoms with van der Waals surface area (Å²) in [5, 5.41) is 6.68. The molecule has 0 spiro atoms. The lowest BCUT2D eigenvalue weighted by Gasteiger charge is -2.20. The molecule has 2 N–H and O–H groups in total. The number of nitrogens with one attached hydrogen (secondary N) is 2. The van der Waals surface area contributed by atoms with E-state index in [1.165, 1.54) is 11.0 Å². The number of benzene rings is 1. The maximum atomic E-state index is 14.0. The maximum absolute atomic E-state index is 14.0.